The van der Waals surface area contributed by atoms with E-state index in [4.69, 9.17) is 4.42 Å². The first kappa shape index (κ1) is 28.1. The molecule has 0 aliphatic carbocycles. The summed E-state index contributed by atoms with van der Waals surface area (Å²) in [5, 5.41) is 10.9. The number of amides is 3. The summed E-state index contributed by atoms with van der Waals surface area (Å²) in [5.74, 6) is -0.967. The van der Waals surface area contributed by atoms with E-state index in [1.165, 1.54) is 12.1 Å². The predicted molar refractivity (Wildman–Crippen MR) is 149 cm³/mol. The summed E-state index contributed by atoms with van der Waals surface area (Å²) in [6.07, 6.45) is -3.15. The van der Waals surface area contributed by atoms with Crippen LogP contribution in [0, 0.1) is 5.92 Å². The molecule has 4 aromatic rings. The van der Waals surface area contributed by atoms with Gasteiger partial charge in [0.05, 0.1) is 41.4 Å². The molecule has 3 heterocycles. The van der Waals surface area contributed by atoms with Gasteiger partial charge in [0.1, 0.15) is 0 Å². The summed E-state index contributed by atoms with van der Waals surface area (Å²) in [7, 11) is 0. The predicted octanol–water partition coefficient (Wildman–Crippen LogP) is 5.08. The molecular formula is C31H26F3N5O4. The van der Waals surface area contributed by atoms with Gasteiger partial charge in [0, 0.05) is 18.7 Å². The van der Waals surface area contributed by atoms with Gasteiger partial charge < -0.3 is 14.6 Å². The van der Waals surface area contributed by atoms with Gasteiger partial charge in [-0.25, -0.2) is 0 Å². The topological polar surface area (TPSA) is 109 Å². The zero-order valence-electron chi connectivity index (χ0n) is 22.8. The fraction of sp³-hybridized carbons (Fsp3) is 0.258. The van der Waals surface area contributed by atoms with E-state index in [1.54, 1.807) is 18.2 Å². The molecule has 1 saturated heterocycles. The number of aromatic nitrogens is 2. The van der Waals surface area contributed by atoms with Gasteiger partial charge in [0.2, 0.25) is 17.7 Å². The average Bonchev–Trinajstić information content (AvgIpc) is 3.59. The molecule has 43 heavy (non-hydrogen) atoms. The molecule has 1 unspecified atom stereocenters. The lowest BCUT2D eigenvalue weighted by Crippen LogP contribution is -2.43. The lowest BCUT2D eigenvalue weighted by atomic mass is 9.95. The monoisotopic (exact) mass is 589 g/mol. The summed E-state index contributed by atoms with van der Waals surface area (Å²) < 4.78 is 44.5. The number of alkyl halides is 3. The number of nitrogens with one attached hydrogen (secondary N) is 1. The smallest absolute Gasteiger partial charge is 0.416 e. The molecule has 2 aliphatic heterocycles. The Morgan fingerprint density at radius 3 is 2.47 bits per heavy atom. The molecule has 0 spiro atoms. The van der Waals surface area contributed by atoms with Crippen LogP contribution in [-0.2, 0) is 24.1 Å². The summed E-state index contributed by atoms with van der Waals surface area (Å²) in [5.41, 5.74) is 1.38. The van der Waals surface area contributed by atoms with Crippen molar-refractivity contribution in [2.45, 2.75) is 32.1 Å². The highest BCUT2D eigenvalue weighted by atomic mass is 19.4. The largest absolute Gasteiger partial charge is 0.419 e. The van der Waals surface area contributed by atoms with Crippen molar-refractivity contribution in [3.63, 3.8) is 0 Å². The van der Waals surface area contributed by atoms with Crippen LogP contribution in [-0.4, -0.2) is 45.9 Å². The molecule has 1 atom stereocenters. The molecule has 0 radical (unpaired) electrons. The van der Waals surface area contributed by atoms with E-state index in [9.17, 15) is 27.6 Å². The highest BCUT2D eigenvalue weighted by Crippen LogP contribution is 2.35. The number of nitrogens with zero attached hydrogens (tertiary/aromatic N) is 4. The first-order chi connectivity index (χ1) is 20.7. The number of hydrogen-bond acceptors (Lipinski definition) is 7. The number of rotatable bonds is 7. The van der Waals surface area contributed by atoms with Crippen molar-refractivity contribution in [2.24, 2.45) is 5.92 Å². The molecule has 9 nitrogen and oxygen atoms in total. The van der Waals surface area contributed by atoms with E-state index in [0.29, 0.717) is 43.1 Å². The lowest BCUT2D eigenvalue weighted by Gasteiger charge is -2.34. The van der Waals surface area contributed by atoms with Crippen molar-refractivity contribution in [1.29, 1.82) is 0 Å². The van der Waals surface area contributed by atoms with Crippen LogP contribution in [0.2, 0.25) is 0 Å². The van der Waals surface area contributed by atoms with Crippen LogP contribution in [0.5, 0.6) is 0 Å². The van der Waals surface area contributed by atoms with Gasteiger partial charge in [-0.3, -0.25) is 19.3 Å². The van der Waals surface area contributed by atoms with Crippen LogP contribution >= 0.6 is 0 Å². The molecule has 1 fully saturated rings. The number of imide groups is 1. The van der Waals surface area contributed by atoms with Crippen molar-refractivity contribution in [2.75, 3.05) is 18.0 Å². The quantitative estimate of drug-likeness (QED) is 0.300. The van der Waals surface area contributed by atoms with Crippen LogP contribution in [0.4, 0.5) is 18.9 Å². The first-order valence-electron chi connectivity index (χ1n) is 13.7. The standard InChI is InChI=1S/C31H26F3N5O4/c32-31(33,34)22-13-11-19(12-14-22)17-39-29(41)23-9-4-10-24(26(23)30(39)42)38-15-5-8-21(18-38)27(40)35-16-25-36-37-28(43-25)20-6-2-1-3-7-20/h1-4,6-7,9-14,21H,5,8,15-18H2,(H,35,40). The second-order valence-corrected chi connectivity index (χ2v) is 10.5. The summed E-state index contributed by atoms with van der Waals surface area (Å²) in [4.78, 5) is 42.7. The van der Waals surface area contributed by atoms with Crippen LogP contribution in [0.1, 0.15) is 50.6 Å². The summed E-state index contributed by atoms with van der Waals surface area (Å²) in [6.45, 7) is 0.838. The molecule has 3 amide bonds. The fourth-order valence-electron chi connectivity index (χ4n) is 5.44. The number of hydrogen-bond donors (Lipinski definition) is 1. The van der Waals surface area contributed by atoms with Crippen LogP contribution < -0.4 is 10.2 Å². The second kappa shape index (κ2) is 11.3. The number of fused-ring (bicyclic) bond motifs is 1. The average molecular weight is 590 g/mol. The van der Waals surface area contributed by atoms with Gasteiger partial charge in [0.15, 0.2) is 0 Å². The Morgan fingerprint density at radius 2 is 1.72 bits per heavy atom. The van der Waals surface area contributed by atoms with E-state index >= 15 is 0 Å². The molecule has 1 aromatic heterocycles. The maximum Gasteiger partial charge on any atom is 0.416 e. The van der Waals surface area contributed by atoms with Gasteiger partial charge in [-0.1, -0.05) is 36.4 Å². The highest BCUT2D eigenvalue weighted by molar-refractivity contribution is 6.23. The SMILES string of the molecule is O=C(NCc1nnc(-c2ccccc2)o1)C1CCCN(c2cccc3c2C(=O)N(Cc2ccc(C(F)(F)F)cc2)C3=O)C1. The number of benzene rings is 3. The Hall–Kier alpha value is -5.00. The molecule has 6 rings (SSSR count). The minimum absolute atomic E-state index is 0.0712. The molecule has 220 valence electrons. The Balaban J connectivity index is 1.12. The molecule has 1 N–H and O–H groups in total. The third-order valence-electron chi connectivity index (χ3n) is 7.63. The minimum atomic E-state index is -4.48. The molecule has 12 heteroatoms. The highest BCUT2D eigenvalue weighted by Gasteiger charge is 2.39. The van der Waals surface area contributed by atoms with E-state index in [1.807, 2.05) is 35.2 Å². The number of carbonyl (C=O) groups is 3. The van der Waals surface area contributed by atoms with E-state index in [-0.39, 0.29) is 41.9 Å². The van der Waals surface area contributed by atoms with Crippen molar-refractivity contribution in [3.8, 4) is 11.5 Å². The van der Waals surface area contributed by atoms with Gasteiger partial charge in [-0.2, -0.15) is 13.2 Å². The zero-order chi connectivity index (χ0) is 30.1. The Kier molecular flexibility index (Phi) is 7.43. The number of anilines is 1. The molecule has 0 saturated carbocycles. The first-order valence-corrected chi connectivity index (χ1v) is 13.7. The van der Waals surface area contributed by atoms with Gasteiger partial charge >= 0.3 is 6.18 Å². The zero-order valence-corrected chi connectivity index (χ0v) is 22.8. The van der Waals surface area contributed by atoms with E-state index in [2.05, 4.69) is 15.5 Å². The molecule has 2 aliphatic rings. The molecule has 0 bridgehead atoms. The number of halogens is 3. The van der Waals surface area contributed by atoms with E-state index < -0.39 is 23.6 Å². The Bertz CT molecular complexity index is 1670. The molecular weight excluding hydrogens is 563 g/mol. The third kappa shape index (κ3) is 5.72. The van der Waals surface area contributed by atoms with Crippen LogP contribution in [0.15, 0.2) is 77.2 Å². The normalized spacial score (nSPS) is 16.9. The van der Waals surface area contributed by atoms with Crippen molar-refractivity contribution < 1.29 is 32.0 Å². The second-order valence-electron chi connectivity index (χ2n) is 10.5. The van der Waals surface area contributed by atoms with E-state index in [0.717, 1.165) is 22.6 Å². The van der Waals surface area contributed by atoms with Crippen molar-refractivity contribution in [3.05, 3.63) is 101 Å². The lowest BCUT2D eigenvalue weighted by molar-refractivity contribution is -0.137. The maximum atomic E-state index is 13.5. The van der Waals surface area contributed by atoms with Crippen molar-refractivity contribution in [1.82, 2.24) is 20.4 Å². The van der Waals surface area contributed by atoms with Gasteiger partial charge in [0.25, 0.3) is 11.8 Å². The van der Waals surface area contributed by atoms with Gasteiger partial charge in [-0.05, 0) is 54.8 Å². The summed E-state index contributed by atoms with van der Waals surface area (Å²) in [6, 6.07) is 18.7. The summed E-state index contributed by atoms with van der Waals surface area (Å²) >= 11 is 0. The molecule has 3 aromatic carbocycles. The number of piperidine rings is 1. The maximum absolute atomic E-state index is 13.5. The fourth-order valence-corrected chi connectivity index (χ4v) is 5.44. The Morgan fingerprint density at radius 1 is 0.953 bits per heavy atom. The van der Waals surface area contributed by atoms with Crippen LogP contribution in [0.25, 0.3) is 11.5 Å². The Labute approximate surface area is 244 Å². The number of carbonyl (C=O) groups excluding carboxylic acids is 3. The van der Waals surface area contributed by atoms with Crippen LogP contribution in [0.3, 0.4) is 0 Å². The third-order valence-corrected chi connectivity index (χ3v) is 7.63. The van der Waals surface area contributed by atoms with Gasteiger partial charge in [-0.15, -0.1) is 10.2 Å². The minimum Gasteiger partial charge on any atom is -0.419 e. The van der Waals surface area contributed by atoms with Crippen molar-refractivity contribution >= 4 is 23.4 Å².